The maximum absolute atomic E-state index is 12.7. The SMILES string of the molecule is O=S(=O)(N1CCC(CCl)CC1)N(CC1CC1)C1CC1. The number of nitrogens with zero attached hydrogens (tertiary/aromatic N) is 2. The highest BCUT2D eigenvalue weighted by atomic mass is 35.5. The van der Waals surface area contributed by atoms with Crippen molar-refractivity contribution in [2.24, 2.45) is 11.8 Å². The van der Waals surface area contributed by atoms with Crippen molar-refractivity contribution in [3.63, 3.8) is 0 Å². The van der Waals surface area contributed by atoms with E-state index in [-0.39, 0.29) is 6.04 Å². The van der Waals surface area contributed by atoms with Gasteiger partial charge in [-0.1, -0.05) is 0 Å². The van der Waals surface area contributed by atoms with Gasteiger partial charge in [-0.3, -0.25) is 0 Å². The third kappa shape index (κ3) is 3.26. The van der Waals surface area contributed by atoms with Gasteiger partial charge in [0.15, 0.2) is 0 Å². The molecule has 4 nitrogen and oxygen atoms in total. The first-order valence-corrected chi connectivity index (χ1v) is 9.37. The number of halogens is 1. The highest BCUT2D eigenvalue weighted by Gasteiger charge is 2.43. The molecule has 0 radical (unpaired) electrons. The maximum atomic E-state index is 12.7. The van der Waals surface area contributed by atoms with Gasteiger partial charge in [-0.25, -0.2) is 0 Å². The van der Waals surface area contributed by atoms with E-state index in [0.717, 1.165) is 32.2 Å². The molecule has 0 N–H and O–H groups in total. The van der Waals surface area contributed by atoms with Crippen LogP contribution in [0.1, 0.15) is 38.5 Å². The summed E-state index contributed by atoms with van der Waals surface area (Å²) in [6, 6.07) is 0.288. The summed E-state index contributed by atoms with van der Waals surface area (Å²) < 4.78 is 29.0. The molecular formula is C13H23ClN2O2S. The van der Waals surface area contributed by atoms with E-state index in [1.54, 1.807) is 8.61 Å². The fourth-order valence-corrected chi connectivity index (χ4v) is 5.06. The fraction of sp³-hybridized carbons (Fsp3) is 1.00. The van der Waals surface area contributed by atoms with Gasteiger partial charge >= 0.3 is 0 Å². The van der Waals surface area contributed by atoms with Crippen LogP contribution in [0.4, 0.5) is 0 Å². The minimum Gasteiger partial charge on any atom is -0.195 e. The van der Waals surface area contributed by atoms with E-state index in [1.807, 2.05) is 0 Å². The Hall–Kier alpha value is 0.160. The second-order valence-corrected chi connectivity index (χ2v) is 8.44. The average Bonchev–Trinajstić information content (AvgIpc) is 3.28. The first-order valence-electron chi connectivity index (χ1n) is 7.44. The van der Waals surface area contributed by atoms with Gasteiger partial charge in [-0.05, 0) is 50.4 Å². The standard InChI is InChI=1S/C13H23ClN2O2S/c14-9-11-5-7-15(8-6-11)19(17,18)16(13-3-4-13)10-12-1-2-12/h11-13H,1-10H2. The summed E-state index contributed by atoms with van der Waals surface area (Å²) in [7, 11) is -3.22. The first-order chi connectivity index (χ1) is 9.11. The van der Waals surface area contributed by atoms with E-state index >= 15 is 0 Å². The van der Waals surface area contributed by atoms with Crippen LogP contribution >= 0.6 is 11.6 Å². The number of hydrogen-bond donors (Lipinski definition) is 0. The number of hydrogen-bond acceptors (Lipinski definition) is 2. The van der Waals surface area contributed by atoms with Crippen LogP contribution in [-0.2, 0) is 10.2 Å². The monoisotopic (exact) mass is 306 g/mol. The van der Waals surface area contributed by atoms with Gasteiger partial charge in [0.05, 0.1) is 0 Å². The molecule has 3 fully saturated rings. The van der Waals surface area contributed by atoms with Crippen LogP contribution in [0.3, 0.4) is 0 Å². The van der Waals surface area contributed by atoms with Crippen LogP contribution in [0.25, 0.3) is 0 Å². The lowest BCUT2D eigenvalue weighted by Crippen LogP contribution is -2.48. The van der Waals surface area contributed by atoms with Crippen molar-refractivity contribution in [3.05, 3.63) is 0 Å². The quantitative estimate of drug-likeness (QED) is 0.705. The van der Waals surface area contributed by atoms with E-state index < -0.39 is 10.2 Å². The minimum absolute atomic E-state index is 0.288. The predicted octanol–water partition coefficient (Wildman–Crippen LogP) is 2.06. The summed E-state index contributed by atoms with van der Waals surface area (Å²) in [4.78, 5) is 0. The van der Waals surface area contributed by atoms with Gasteiger partial charge in [0.1, 0.15) is 0 Å². The summed E-state index contributed by atoms with van der Waals surface area (Å²) >= 11 is 5.86. The maximum Gasteiger partial charge on any atom is 0.282 e. The van der Waals surface area contributed by atoms with Gasteiger partial charge in [-0.2, -0.15) is 17.0 Å². The average molecular weight is 307 g/mol. The number of rotatable bonds is 6. The molecule has 2 aliphatic carbocycles. The lowest BCUT2D eigenvalue weighted by atomic mass is 10.0. The molecule has 110 valence electrons. The Labute approximate surface area is 121 Å². The Morgan fingerprint density at radius 3 is 2.11 bits per heavy atom. The van der Waals surface area contributed by atoms with Crippen molar-refractivity contribution >= 4 is 21.8 Å². The highest BCUT2D eigenvalue weighted by molar-refractivity contribution is 7.86. The molecule has 0 spiro atoms. The third-order valence-electron chi connectivity index (χ3n) is 4.50. The molecule has 1 saturated heterocycles. The lowest BCUT2D eigenvalue weighted by molar-refractivity contribution is 0.261. The zero-order valence-corrected chi connectivity index (χ0v) is 12.9. The molecule has 19 heavy (non-hydrogen) atoms. The normalized spacial score (nSPS) is 27.1. The molecule has 0 bridgehead atoms. The minimum atomic E-state index is -3.22. The van der Waals surface area contributed by atoms with Crippen molar-refractivity contribution in [2.45, 2.75) is 44.6 Å². The van der Waals surface area contributed by atoms with E-state index in [9.17, 15) is 8.42 Å². The molecule has 1 heterocycles. The van der Waals surface area contributed by atoms with Crippen LogP contribution < -0.4 is 0 Å². The molecule has 3 aliphatic rings. The lowest BCUT2D eigenvalue weighted by Gasteiger charge is -2.34. The number of alkyl halides is 1. The van der Waals surface area contributed by atoms with Crippen LogP contribution in [0.15, 0.2) is 0 Å². The van der Waals surface area contributed by atoms with Gasteiger partial charge in [-0.15, -0.1) is 11.6 Å². The molecule has 0 aromatic heterocycles. The molecule has 2 saturated carbocycles. The van der Waals surface area contributed by atoms with Crippen molar-refractivity contribution in [1.82, 2.24) is 8.61 Å². The summed E-state index contributed by atoms with van der Waals surface area (Å²) in [5.74, 6) is 1.77. The molecule has 0 unspecified atom stereocenters. The van der Waals surface area contributed by atoms with Gasteiger partial charge in [0, 0.05) is 31.6 Å². The van der Waals surface area contributed by atoms with Crippen molar-refractivity contribution in [3.8, 4) is 0 Å². The van der Waals surface area contributed by atoms with Crippen LogP contribution in [0, 0.1) is 11.8 Å². The topological polar surface area (TPSA) is 40.6 Å². The second kappa shape index (κ2) is 5.51. The van der Waals surface area contributed by atoms with Gasteiger partial charge in [0.25, 0.3) is 10.2 Å². The Bertz CT molecular complexity index is 412. The van der Waals surface area contributed by atoms with E-state index in [4.69, 9.17) is 11.6 Å². The molecule has 0 aromatic carbocycles. The Morgan fingerprint density at radius 1 is 1.00 bits per heavy atom. The predicted molar refractivity (Wildman–Crippen MR) is 76.4 cm³/mol. The van der Waals surface area contributed by atoms with Crippen molar-refractivity contribution in [1.29, 1.82) is 0 Å². The summed E-state index contributed by atoms with van der Waals surface area (Å²) in [6.07, 6.45) is 6.31. The fourth-order valence-electron chi connectivity index (χ4n) is 2.79. The Balaban J connectivity index is 1.66. The smallest absolute Gasteiger partial charge is 0.195 e. The molecular weight excluding hydrogens is 284 g/mol. The largest absolute Gasteiger partial charge is 0.282 e. The van der Waals surface area contributed by atoms with Crippen molar-refractivity contribution in [2.75, 3.05) is 25.5 Å². The molecule has 0 atom stereocenters. The van der Waals surface area contributed by atoms with Crippen LogP contribution in [-0.4, -0.2) is 48.6 Å². The van der Waals surface area contributed by atoms with Crippen LogP contribution in [0.2, 0.25) is 0 Å². The first kappa shape index (κ1) is 14.1. The molecule has 0 aromatic rings. The third-order valence-corrected chi connectivity index (χ3v) is 7.00. The van der Waals surface area contributed by atoms with Gasteiger partial charge in [0.2, 0.25) is 0 Å². The van der Waals surface area contributed by atoms with E-state index in [2.05, 4.69) is 0 Å². The summed E-state index contributed by atoms with van der Waals surface area (Å²) in [6.45, 7) is 2.05. The van der Waals surface area contributed by atoms with Crippen LogP contribution in [0.5, 0.6) is 0 Å². The zero-order valence-electron chi connectivity index (χ0n) is 11.3. The van der Waals surface area contributed by atoms with Gasteiger partial charge < -0.3 is 0 Å². The summed E-state index contributed by atoms with van der Waals surface area (Å²) in [5.41, 5.74) is 0. The van der Waals surface area contributed by atoms with E-state index in [1.165, 1.54) is 12.8 Å². The zero-order chi connectivity index (χ0) is 13.5. The molecule has 6 heteroatoms. The molecule has 0 amide bonds. The summed E-state index contributed by atoms with van der Waals surface area (Å²) in [5, 5.41) is 0. The highest BCUT2D eigenvalue weighted by Crippen LogP contribution is 2.37. The Kier molecular flexibility index (Phi) is 4.09. The van der Waals surface area contributed by atoms with Crippen molar-refractivity contribution < 1.29 is 8.42 Å². The second-order valence-electron chi connectivity index (χ2n) is 6.25. The Morgan fingerprint density at radius 2 is 1.63 bits per heavy atom. The molecule has 3 rings (SSSR count). The molecule has 1 aliphatic heterocycles. The van der Waals surface area contributed by atoms with E-state index in [0.29, 0.717) is 30.8 Å². The number of piperidine rings is 1.